The third-order valence-corrected chi connectivity index (χ3v) is 3.76. The predicted octanol–water partition coefficient (Wildman–Crippen LogP) is 2.73. The topological polar surface area (TPSA) is 52.1 Å². The Balaban J connectivity index is 2.12. The molecular weight excluding hydrogens is 304 g/mol. The van der Waals surface area contributed by atoms with Crippen LogP contribution >= 0.6 is 27.3 Å². The predicted molar refractivity (Wildman–Crippen MR) is 68.6 cm³/mol. The molecule has 0 amide bonds. The molecular formula is C11H9BrN2O2S. The van der Waals surface area contributed by atoms with Gasteiger partial charge in [-0.25, -0.2) is 9.97 Å². The Morgan fingerprint density at radius 3 is 2.94 bits per heavy atom. The highest BCUT2D eigenvalue weighted by atomic mass is 79.9. The molecule has 0 saturated carbocycles. The van der Waals surface area contributed by atoms with Gasteiger partial charge in [-0.1, -0.05) is 0 Å². The summed E-state index contributed by atoms with van der Waals surface area (Å²) in [4.78, 5) is 20.6. The van der Waals surface area contributed by atoms with Crippen molar-refractivity contribution >= 4 is 33.0 Å². The van der Waals surface area contributed by atoms with E-state index in [1.165, 1.54) is 24.8 Å². The lowest BCUT2D eigenvalue weighted by molar-refractivity contribution is 0.0995. The van der Waals surface area contributed by atoms with E-state index in [2.05, 4.69) is 25.9 Å². The molecule has 88 valence electrons. The van der Waals surface area contributed by atoms with E-state index in [0.717, 1.165) is 8.66 Å². The molecule has 0 radical (unpaired) electrons. The maximum atomic E-state index is 11.9. The van der Waals surface area contributed by atoms with E-state index in [9.17, 15) is 4.79 Å². The number of carbonyl (C=O) groups is 1. The van der Waals surface area contributed by atoms with E-state index in [-0.39, 0.29) is 12.2 Å². The van der Waals surface area contributed by atoms with Crippen molar-refractivity contribution in [3.63, 3.8) is 0 Å². The van der Waals surface area contributed by atoms with Crippen LogP contribution < -0.4 is 4.74 Å². The summed E-state index contributed by atoms with van der Waals surface area (Å²) >= 11 is 4.75. The molecule has 0 N–H and O–H groups in total. The second-order valence-corrected chi connectivity index (χ2v) is 5.72. The Morgan fingerprint density at radius 1 is 1.47 bits per heavy atom. The first-order chi connectivity index (χ1) is 8.19. The van der Waals surface area contributed by atoms with Crippen molar-refractivity contribution < 1.29 is 9.53 Å². The van der Waals surface area contributed by atoms with Gasteiger partial charge in [0, 0.05) is 6.07 Å². The first-order valence-electron chi connectivity index (χ1n) is 4.82. The Morgan fingerprint density at radius 2 is 2.29 bits per heavy atom. The fourth-order valence-electron chi connectivity index (χ4n) is 1.30. The van der Waals surface area contributed by atoms with Crippen LogP contribution in [0, 0.1) is 0 Å². The van der Waals surface area contributed by atoms with Gasteiger partial charge in [0.2, 0.25) is 5.88 Å². The maximum Gasteiger partial charge on any atom is 0.216 e. The lowest BCUT2D eigenvalue weighted by Crippen LogP contribution is -2.04. The van der Waals surface area contributed by atoms with E-state index in [1.807, 2.05) is 6.07 Å². The standard InChI is InChI=1S/C11H9BrN2O2S/c1-16-11-5-7(13-6-14-11)4-8(15)9-2-3-10(12)17-9/h2-3,5-6H,4H2,1H3. The minimum atomic E-state index is 0.0430. The highest BCUT2D eigenvalue weighted by molar-refractivity contribution is 9.11. The second-order valence-electron chi connectivity index (χ2n) is 3.26. The van der Waals surface area contributed by atoms with Gasteiger partial charge in [0.25, 0.3) is 0 Å². The number of carbonyl (C=O) groups excluding carboxylic acids is 1. The number of halogens is 1. The van der Waals surface area contributed by atoms with Crippen molar-refractivity contribution in [1.29, 1.82) is 0 Å². The number of hydrogen-bond acceptors (Lipinski definition) is 5. The van der Waals surface area contributed by atoms with Gasteiger partial charge < -0.3 is 4.74 Å². The molecule has 0 aliphatic heterocycles. The van der Waals surface area contributed by atoms with E-state index >= 15 is 0 Å². The minimum absolute atomic E-state index is 0.0430. The van der Waals surface area contributed by atoms with Crippen LogP contribution in [-0.2, 0) is 6.42 Å². The summed E-state index contributed by atoms with van der Waals surface area (Å²) < 4.78 is 5.92. The second kappa shape index (κ2) is 5.37. The van der Waals surface area contributed by atoms with E-state index in [4.69, 9.17) is 4.74 Å². The maximum absolute atomic E-state index is 11.9. The number of ketones is 1. The van der Waals surface area contributed by atoms with E-state index < -0.39 is 0 Å². The SMILES string of the molecule is COc1cc(CC(=O)c2ccc(Br)s2)ncn1. The van der Waals surface area contributed by atoms with Crippen molar-refractivity contribution in [3.8, 4) is 5.88 Å². The number of nitrogens with zero attached hydrogens (tertiary/aromatic N) is 2. The summed E-state index contributed by atoms with van der Waals surface area (Å²) in [6, 6.07) is 5.33. The van der Waals surface area contributed by atoms with Crippen molar-refractivity contribution in [2.45, 2.75) is 6.42 Å². The molecule has 0 aliphatic rings. The molecule has 2 rings (SSSR count). The monoisotopic (exact) mass is 312 g/mol. The molecule has 0 spiro atoms. The summed E-state index contributed by atoms with van der Waals surface area (Å²) in [5.74, 6) is 0.511. The molecule has 17 heavy (non-hydrogen) atoms. The Kier molecular flexibility index (Phi) is 3.86. The molecule has 0 bridgehead atoms. The first-order valence-corrected chi connectivity index (χ1v) is 6.43. The number of aromatic nitrogens is 2. The summed E-state index contributed by atoms with van der Waals surface area (Å²) in [6.45, 7) is 0. The van der Waals surface area contributed by atoms with Crippen molar-refractivity contribution in [2.24, 2.45) is 0 Å². The largest absolute Gasteiger partial charge is 0.481 e. The van der Waals surface area contributed by atoms with Crippen molar-refractivity contribution in [2.75, 3.05) is 7.11 Å². The zero-order valence-electron chi connectivity index (χ0n) is 9.01. The molecule has 2 heterocycles. The van der Waals surface area contributed by atoms with Gasteiger partial charge in [0.1, 0.15) is 6.33 Å². The Labute approximate surface area is 111 Å². The van der Waals surface area contributed by atoms with Crippen LogP contribution in [0.2, 0.25) is 0 Å². The van der Waals surface area contributed by atoms with Crippen molar-refractivity contribution in [3.05, 3.63) is 38.9 Å². The van der Waals surface area contributed by atoms with Gasteiger partial charge in [0.05, 0.1) is 27.9 Å². The molecule has 2 aromatic rings. The van der Waals surface area contributed by atoms with Crippen LogP contribution in [0.15, 0.2) is 28.3 Å². The normalized spacial score (nSPS) is 10.2. The lowest BCUT2D eigenvalue weighted by atomic mass is 10.2. The van der Waals surface area contributed by atoms with Crippen LogP contribution in [0.1, 0.15) is 15.4 Å². The van der Waals surface area contributed by atoms with Gasteiger partial charge in [0.15, 0.2) is 5.78 Å². The van der Waals surface area contributed by atoms with E-state index in [1.54, 1.807) is 12.1 Å². The molecule has 0 saturated heterocycles. The molecule has 2 aromatic heterocycles. The average Bonchev–Trinajstić information content (AvgIpc) is 2.76. The molecule has 0 unspecified atom stereocenters. The van der Waals surface area contributed by atoms with Crippen LogP contribution in [0.25, 0.3) is 0 Å². The number of methoxy groups -OCH3 is 1. The molecule has 0 atom stereocenters. The van der Waals surface area contributed by atoms with Gasteiger partial charge in [-0.05, 0) is 28.1 Å². The van der Waals surface area contributed by atoms with Crippen LogP contribution in [0.4, 0.5) is 0 Å². The summed E-state index contributed by atoms with van der Waals surface area (Å²) in [5.41, 5.74) is 0.659. The van der Waals surface area contributed by atoms with Crippen LogP contribution in [-0.4, -0.2) is 22.9 Å². The molecule has 6 heteroatoms. The van der Waals surface area contributed by atoms with Crippen LogP contribution in [0.5, 0.6) is 5.88 Å². The zero-order valence-corrected chi connectivity index (χ0v) is 11.4. The van der Waals surface area contributed by atoms with Gasteiger partial charge >= 0.3 is 0 Å². The smallest absolute Gasteiger partial charge is 0.216 e. The highest BCUT2D eigenvalue weighted by Gasteiger charge is 2.11. The fraction of sp³-hybridized carbons (Fsp3) is 0.182. The number of ether oxygens (including phenoxy) is 1. The third-order valence-electron chi connectivity index (χ3n) is 2.10. The van der Waals surface area contributed by atoms with Crippen LogP contribution in [0.3, 0.4) is 0 Å². The van der Waals surface area contributed by atoms with Crippen molar-refractivity contribution in [1.82, 2.24) is 9.97 Å². The Hall–Kier alpha value is -1.27. The quantitative estimate of drug-likeness (QED) is 0.815. The average molecular weight is 313 g/mol. The highest BCUT2D eigenvalue weighted by Crippen LogP contribution is 2.23. The lowest BCUT2D eigenvalue weighted by Gasteiger charge is -2.01. The number of rotatable bonds is 4. The summed E-state index contributed by atoms with van der Waals surface area (Å²) in [6.07, 6.45) is 1.65. The van der Waals surface area contributed by atoms with Gasteiger partial charge in [-0.2, -0.15) is 0 Å². The van der Waals surface area contributed by atoms with E-state index in [0.29, 0.717) is 11.6 Å². The number of Topliss-reactive ketones (excluding diaryl/α,β-unsaturated/α-hetero) is 1. The summed E-state index contributed by atoms with van der Waals surface area (Å²) in [5, 5.41) is 0. The fourth-order valence-corrected chi connectivity index (χ4v) is 2.62. The molecule has 0 aliphatic carbocycles. The van der Waals surface area contributed by atoms with Gasteiger partial charge in [-0.15, -0.1) is 11.3 Å². The third kappa shape index (κ3) is 3.10. The number of hydrogen-bond donors (Lipinski definition) is 0. The Bertz CT molecular complexity index is 542. The number of thiophene rings is 1. The van der Waals surface area contributed by atoms with Gasteiger partial charge in [-0.3, -0.25) is 4.79 Å². The molecule has 4 nitrogen and oxygen atoms in total. The first kappa shape index (κ1) is 12.2. The summed E-state index contributed by atoms with van der Waals surface area (Å²) in [7, 11) is 1.53. The minimum Gasteiger partial charge on any atom is -0.481 e. The molecule has 0 fully saturated rings. The molecule has 0 aromatic carbocycles. The zero-order chi connectivity index (χ0) is 12.3.